The summed E-state index contributed by atoms with van der Waals surface area (Å²) in [4.78, 5) is 23.1. The molecule has 2 rings (SSSR count). The van der Waals surface area contributed by atoms with E-state index in [-0.39, 0.29) is 11.5 Å². The van der Waals surface area contributed by atoms with Crippen LogP contribution < -0.4 is 0 Å². The van der Waals surface area contributed by atoms with E-state index < -0.39 is 5.97 Å². The number of furan rings is 1. The summed E-state index contributed by atoms with van der Waals surface area (Å²) in [7, 11) is 1.27. The Morgan fingerprint density at radius 1 is 1.25 bits per heavy atom. The third-order valence-electron chi connectivity index (χ3n) is 2.52. The van der Waals surface area contributed by atoms with Gasteiger partial charge in [-0.15, -0.1) is 0 Å². The molecule has 1 aromatic heterocycles. The van der Waals surface area contributed by atoms with E-state index in [4.69, 9.17) is 16.0 Å². The minimum absolute atomic E-state index is 0.0855. The molecule has 0 saturated carbocycles. The molecule has 0 fully saturated rings. The van der Waals surface area contributed by atoms with Gasteiger partial charge in [0, 0.05) is 10.6 Å². The van der Waals surface area contributed by atoms with Crippen LogP contribution in [0.25, 0.3) is 6.08 Å². The van der Waals surface area contributed by atoms with Crippen LogP contribution in [0.1, 0.15) is 26.7 Å². The monoisotopic (exact) mass is 290 g/mol. The molecule has 20 heavy (non-hydrogen) atoms. The summed E-state index contributed by atoms with van der Waals surface area (Å²) in [5, 5.41) is 0.496. The summed E-state index contributed by atoms with van der Waals surface area (Å²) in [5.41, 5.74) is 0.480. The lowest BCUT2D eigenvalue weighted by Gasteiger charge is -1.95. The van der Waals surface area contributed by atoms with E-state index >= 15 is 0 Å². The highest BCUT2D eigenvalue weighted by Gasteiger charge is 2.10. The summed E-state index contributed by atoms with van der Waals surface area (Å²) >= 11 is 5.81. The Hall–Kier alpha value is -2.33. The van der Waals surface area contributed by atoms with E-state index in [1.165, 1.54) is 25.3 Å². The minimum atomic E-state index is -0.564. The van der Waals surface area contributed by atoms with Gasteiger partial charge in [-0.05, 0) is 36.4 Å². The number of allylic oxidation sites excluding steroid dienone is 1. The van der Waals surface area contributed by atoms with Crippen molar-refractivity contribution in [2.45, 2.75) is 0 Å². The summed E-state index contributed by atoms with van der Waals surface area (Å²) in [6.07, 6.45) is 2.83. The van der Waals surface area contributed by atoms with Gasteiger partial charge < -0.3 is 9.15 Å². The van der Waals surface area contributed by atoms with Crippen molar-refractivity contribution in [1.29, 1.82) is 0 Å². The average molecular weight is 291 g/mol. The molecule has 1 heterocycles. The van der Waals surface area contributed by atoms with Crippen molar-refractivity contribution >= 4 is 29.4 Å². The lowest BCUT2D eigenvalue weighted by Crippen LogP contribution is -1.98. The highest BCUT2D eigenvalue weighted by atomic mass is 35.5. The third kappa shape index (κ3) is 3.36. The van der Waals surface area contributed by atoms with Crippen molar-refractivity contribution in [3.05, 3.63) is 64.6 Å². The lowest BCUT2D eigenvalue weighted by molar-refractivity contribution is 0.0564. The van der Waals surface area contributed by atoms with Crippen LogP contribution >= 0.6 is 11.6 Å². The van der Waals surface area contributed by atoms with Gasteiger partial charge in [0.05, 0.1) is 7.11 Å². The molecule has 0 atom stereocenters. The molecular weight excluding hydrogens is 280 g/mol. The first-order valence-corrected chi connectivity index (χ1v) is 6.14. The number of carbonyl (C=O) groups is 2. The molecule has 4 nitrogen and oxygen atoms in total. The van der Waals surface area contributed by atoms with Gasteiger partial charge in [-0.2, -0.15) is 0 Å². The maximum Gasteiger partial charge on any atom is 0.373 e. The highest BCUT2D eigenvalue weighted by molar-refractivity contribution is 6.31. The second-order valence-electron chi connectivity index (χ2n) is 3.90. The zero-order valence-electron chi connectivity index (χ0n) is 10.6. The van der Waals surface area contributed by atoms with Crippen molar-refractivity contribution in [3.8, 4) is 0 Å². The molecule has 1 aromatic carbocycles. The largest absolute Gasteiger partial charge is 0.463 e. The van der Waals surface area contributed by atoms with Crippen LogP contribution in [0, 0.1) is 0 Å². The van der Waals surface area contributed by atoms with E-state index in [2.05, 4.69) is 4.74 Å². The van der Waals surface area contributed by atoms with Gasteiger partial charge in [-0.25, -0.2) is 4.79 Å². The average Bonchev–Trinajstić information content (AvgIpc) is 2.92. The number of methoxy groups -OCH3 is 1. The summed E-state index contributed by atoms with van der Waals surface area (Å²) in [6, 6.07) is 9.70. The van der Waals surface area contributed by atoms with Crippen molar-refractivity contribution in [3.63, 3.8) is 0 Å². The van der Waals surface area contributed by atoms with Crippen LogP contribution in [0.2, 0.25) is 5.02 Å². The Morgan fingerprint density at radius 3 is 2.75 bits per heavy atom. The SMILES string of the molecule is COC(=O)c1ccc(C=CC(=O)c2cccc(Cl)c2)o1. The normalized spacial score (nSPS) is 10.7. The van der Waals surface area contributed by atoms with Crippen molar-refractivity contribution < 1.29 is 18.7 Å². The fourth-order valence-electron chi connectivity index (χ4n) is 1.55. The summed E-state index contributed by atoms with van der Waals surface area (Å²) in [5.74, 6) is -0.294. The molecule has 0 amide bonds. The predicted molar refractivity (Wildman–Crippen MR) is 74.9 cm³/mol. The quantitative estimate of drug-likeness (QED) is 0.490. The number of hydrogen-bond donors (Lipinski definition) is 0. The number of esters is 1. The number of benzene rings is 1. The van der Waals surface area contributed by atoms with E-state index in [0.29, 0.717) is 16.3 Å². The number of rotatable bonds is 4. The first kappa shape index (κ1) is 14.1. The molecule has 0 aliphatic rings. The zero-order valence-corrected chi connectivity index (χ0v) is 11.4. The smallest absolute Gasteiger partial charge is 0.373 e. The predicted octanol–water partition coefficient (Wildman–Crippen LogP) is 3.62. The number of halogens is 1. The standard InChI is InChI=1S/C15H11ClO4/c1-19-15(18)14-8-6-12(20-14)5-7-13(17)10-3-2-4-11(16)9-10/h2-9H,1H3. The van der Waals surface area contributed by atoms with Crippen molar-refractivity contribution in [1.82, 2.24) is 0 Å². The van der Waals surface area contributed by atoms with Crippen molar-refractivity contribution in [2.24, 2.45) is 0 Å². The van der Waals surface area contributed by atoms with Crippen molar-refractivity contribution in [2.75, 3.05) is 7.11 Å². The Morgan fingerprint density at radius 2 is 2.05 bits per heavy atom. The first-order valence-electron chi connectivity index (χ1n) is 5.76. The highest BCUT2D eigenvalue weighted by Crippen LogP contribution is 2.14. The number of hydrogen-bond acceptors (Lipinski definition) is 4. The summed E-state index contributed by atoms with van der Waals surface area (Å²) < 4.78 is 9.73. The second kappa shape index (κ2) is 6.21. The summed E-state index contributed by atoms with van der Waals surface area (Å²) in [6.45, 7) is 0. The van der Waals surface area contributed by atoms with Gasteiger partial charge >= 0.3 is 5.97 Å². The fraction of sp³-hybridized carbons (Fsp3) is 0.0667. The van der Waals surface area contributed by atoms with Crippen LogP contribution in [0.4, 0.5) is 0 Å². The molecule has 5 heteroatoms. The minimum Gasteiger partial charge on any atom is -0.463 e. The Kier molecular flexibility index (Phi) is 4.38. The Bertz CT molecular complexity index is 670. The Balaban J connectivity index is 2.11. The number of ketones is 1. The molecule has 102 valence electrons. The van der Waals surface area contributed by atoms with E-state index in [1.54, 1.807) is 30.3 Å². The van der Waals surface area contributed by atoms with Crippen LogP contribution in [0.3, 0.4) is 0 Å². The topological polar surface area (TPSA) is 56.5 Å². The molecule has 0 bridgehead atoms. The number of carbonyl (C=O) groups excluding carboxylic acids is 2. The molecule has 0 spiro atoms. The van der Waals surface area contributed by atoms with Crippen LogP contribution in [0.15, 0.2) is 46.9 Å². The maximum absolute atomic E-state index is 11.9. The maximum atomic E-state index is 11.9. The van der Waals surface area contributed by atoms with Gasteiger partial charge in [0.15, 0.2) is 5.78 Å². The number of ether oxygens (including phenoxy) is 1. The van der Waals surface area contributed by atoms with Crippen LogP contribution in [-0.2, 0) is 4.74 Å². The van der Waals surface area contributed by atoms with Gasteiger partial charge in [0.25, 0.3) is 0 Å². The van der Waals surface area contributed by atoms with Crippen LogP contribution in [0.5, 0.6) is 0 Å². The lowest BCUT2D eigenvalue weighted by atomic mass is 10.1. The first-order chi connectivity index (χ1) is 9.60. The van der Waals surface area contributed by atoms with Gasteiger partial charge in [0.2, 0.25) is 5.76 Å². The zero-order chi connectivity index (χ0) is 14.5. The molecule has 2 aromatic rings. The van der Waals surface area contributed by atoms with E-state index in [1.807, 2.05) is 0 Å². The van der Waals surface area contributed by atoms with Gasteiger partial charge in [-0.3, -0.25) is 4.79 Å². The molecule has 0 radical (unpaired) electrons. The molecule has 0 aliphatic heterocycles. The second-order valence-corrected chi connectivity index (χ2v) is 4.34. The molecule has 0 unspecified atom stereocenters. The molecule has 0 saturated heterocycles. The van der Waals surface area contributed by atoms with Gasteiger partial charge in [0.1, 0.15) is 5.76 Å². The van der Waals surface area contributed by atoms with Gasteiger partial charge in [-0.1, -0.05) is 23.7 Å². The van der Waals surface area contributed by atoms with E-state index in [9.17, 15) is 9.59 Å². The molecular formula is C15H11ClO4. The Labute approximate surface area is 120 Å². The third-order valence-corrected chi connectivity index (χ3v) is 2.76. The van der Waals surface area contributed by atoms with E-state index in [0.717, 1.165) is 0 Å². The van der Waals surface area contributed by atoms with Crippen LogP contribution in [-0.4, -0.2) is 18.9 Å². The molecule has 0 aliphatic carbocycles. The molecule has 0 N–H and O–H groups in total. The fourth-order valence-corrected chi connectivity index (χ4v) is 1.74.